The Bertz CT molecular complexity index is 1330. The maximum absolute atomic E-state index is 10.8. The van der Waals surface area contributed by atoms with Crippen LogP contribution in [0.3, 0.4) is 0 Å². The van der Waals surface area contributed by atoms with Crippen LogP contribution >= 0.6 is 11.8 Å². The van der Waals surface area contributed by atoms with Gasteiger partial charge in [0.2, 0.25) is 0 Å². The second-order valence-electron chi connectivity index (χ2n) is 7.63. The van der Waals surface area contributed by atoms with Gasteiger partial charge in [-0.3, -0.25) is 4.99 Å². The van der Waals surface area contributed by atoms with Crippen molar-refractivity contribution in [3.8, 4) is 17.2 Å². The fourth-order valence-electron chi connectivity index (χ4n) is 4.19. The molecule has 1 N–H and O–H groups in total. The fraction of sp³-hybridized carbons (Fsp3) is 0.148. The normalized spacial score (nSPS) is 15.6. The van der Waals surface area contributed by atoms with Crippen molar-refractivity contribution in [2.75, 3.05) is 14.2 Å². The number of ether oxygens (including phenoxy) is 2. The Kier molecular flexibility index (Phi) is 5.50. The summed E-state index contributed by atoms with van der Waals surface area (Å²) in [6.45, 7) is 0. The van der Waals surface area contributed by atoms with Gasteiger partial charge in [-0.25, -0.2) is 0 Å². The number of para-hydroxylation sites is 1. The van der Waals surface area contributed by atoms with E-state index in [0.29, 0.717) is 23.5 Å². The lowest BCUT2D eigenvalue weighted by Gasteiger charge is -2.19. The Morgan fingerprint density at radius 3 is 2.44 bits per heavy atom. The molecule has 0 spiro atoms. The fourth-order valence-corrected chi connectivity index (χ4v) is 5.46. The summed E-state index contributed by atoms with van der Waals surface area (Å²) in [6, 6.07) is 26.5. The van der Waals surface area contributed by atoms with Gasteiger partial charge in [0, 0.05) is 28.2 Å². The molecule has 1 unspecified atom stereocenters. The highest BCUT2D eigenvalue weighted by molar-refractivity contribution is 7.99. The third kappa shape index (κ3) is 3.69. The summed E-state index contributed by atoms with van der Waals surface area (Å²) in [4.78, 5) is 6.12. The maximum Gasteiger partial charge on any atom is 0.164 e. The first-order chi connectivity index (χ1) is 15.7. The topological polar surface area (TPSA) is 51.0 Å². The molecule has 5 rings (SSSR count). The van der Waals surface area contributed by atoms with Gasteiger partial charge in [0.05, 0.1) is 25.6 Å². The van der Waals surface area contributed by atoms with Gasteiger partial charge in [-0.15, -0.1) is 11.8 Å². The Hall–Kier alpha value is -3.44. The van der Waals surface area contributed by atoms with Crippen LogP contribution in [0.1, 0.15) is 22.8 Å². The van der Waals surface area contributed by atoms with Gasteiger partial charge in [-0.1, -0.05) is 54.6 Å². The Morgan fingerprint density at radius 1 is 0.875 bits per heavy atom. The first-order valence-corrected chi connectivity index (χ1v) is 11.3. The molecular weight excluding hydrogens is 418 g/mol. The first-order valence-electron chi connectivity index (χ1n) is 10.4. The zero-order valence-electron chi connectivity index (χ0n) is 17.9. The van der Waals surface area contributed by atoms with Gasteiger partial charge in [-0.05, 0) is 34.5 Å². The zero-order chi connectivity index (χ0) is 22.1. The Morgan fingerprint density at radius 2 is 1.59 bits per heavy atom. The van der Waals surface area contributed by atoms with Gasteiger partial charge >= 0.3 is 0 Å². The van der Waals surface area contributed by atoms with Crippen molar-refractivity contribution in [3.05, 3.63) is 90.0 Å². The molecule has 1 aliphatic heterocycles. The third-order valence-electron chi connectivity index (χ3n) is 5.75. The molecule has 0 aliphatic carbocycles. The number of hydrogen-bond donors (Lipinski definition) is 1. The lowest BCUT2D eigenvalue weighted by molar-refractivity contribution is 0.351. The number of hydrogen-bond acceptors (Lipinski definition) is 5. The lowest BCUT2D eigenvalue weighted by Crippen LogP contribution is -2.07. The van der Waals surface area contributed by atoms with Gasteiger partial charge in [0.1, 0.15) is 5.75 Å². The summed E-state index contributed by atoms with van der Waals surface area (Å²) in [5, 5.41) is 13.4. The van der Waals surface area contributed by atoms with E-state index in [0.717, 1.165) is 16.3 Å². The van der Waals surface area contributed by atoms with Crippen LogP contribution < -0.4 is 9.47 Å². The number of fused-ring (bicyclic) bond motifs is 2. The van der Waals surface area contributed by atoms with Crippen LogP contribution in [0.25, 0.3) is 10.8 Å². The van der Waals surface area contributed by atoms with E-state index in [9.17, 15) is 5.11 Å². The molecule has 1 aliphatic rings. The van der Waals surface area contributed by atoms with Gasteiger partial charge in [0.25, 0.3) is 0 Å². The molecule has 4 aromatic rings. The highest BCUT2D eigenvalue weighted by Gasteiger charge is 2.26. The predicted molar refractivity (Wildman–Crippen MR) is 131 cm³/mol. The van der Waals surface area contributed by atoms with E-state index >= 15 is 0 Å². The second-order valence-corrected chi connectivity index (χ2v) is 8.87. The number of nitrogens with zero attached hydrogens (tertiary/aromatic N) is 1. The smallest absolute Gasteiger partial charge is 0.164 e. The highest BCUT2D eigenvalue weighted by atomic mass is 32.2. The number of phenolic OH excluding ortho intramolecular Hbond substituents is 1. The Labute approximate surface area is 191 Å². The van der Waals surface area contributed by atoms with Crippen molar-refractivity contribution in [1.82, 2.24) is 0 Å². The van der Waals surface area contributed by atoms with Gasteiger partial charge < -0.3 is 14.6 Å². The van der Waals surface area contributed by atoms with E-state index in [4.69, 9.17) is 14.5 Å². The molecule has 0 aromatic heterocycles. The SMILES string of the molecule is COc1cc(O)c(C2=Nc3ccccc3SC(c3cccc4ccccc34)C2)cc1OC. The van der Waals surface area contributed by atoms with Crippen molar-refractivity contribution in [3.63, 3.8) is 0 Å². The van der Waals surface area contributed by atoms with Crippen molar-refractivity contribution in [2.24, 2.45) is 4.99 Å². The van der Waals surface area contributed by atoms with Crippen LogP contribution in [-0.2, 0) is 0 Å². The summed E-state index contributed by atoms with van der Waals surface area (Å²) < 4.78 is 10.8. The van der Waals surface area contributed by atoms with Crippen molar-refractivity contribution in [1.29, 1.82) is 0 Å². The third-order valence-corrected chi connectivity index (χ3v) is 7.06. The summed E-state index contributed by atoms with van der Waals surface area (Å²) in [5.41, 5.74) is 3.64. The summed E-state index contributed by atoms with van der Waals surface area (Å²) >= 11 is 1.82. The van der Waals surface area contributed by atoms with E-state index in [2.05, 4.69) is 48.5 Å². The monoisotopic (exact) mass is 441 g/mol. The Balaban J connectivity index is 1.67. The average Bonchev–Trinajstić information content (AvgIpc) is 3.03. The lowest BCUT2D eigenvalue weighted by atomic mass is 9.96. The largest absolute Gasteiger partial charge is 0.507 e. The minimum atomic E-state index is 0.127. The molecule has 1 atom stereocenters. The van der Waals surface area contributed by atoms with Crippen LogP contribution in [0.5, 0.6) is 17.2 Å². The maximum atomic E-state index is 10.8. The molecule has 160 valence electrons. The first kappa shape index (κ1) is 20.5. The molecular formula is C27H23NO3S. The molecule has 4 nitrogen and oxygen atoms in total. The molecule has 4 aromatic carbocycles. The van der Waals surface area contributed by atoms with Crippen LogP contribution in [-0.4, -0.2) is 25.0 Å². The number of aliphatic imine (C=N–C) groups is 1. The number of benzene rings is 4. The minimum Gasteiger partial charge on any atom is -0.507 e. The summed E-state index contributed by atoms with van der Waals surface area (Å²) in [6.07, 6.45) is 0.663. The van der Waals surface area contributed by atoms with Crippen LogP contribution in [0.4, 0.5) is 5.69 Å². The molecule has 0 radical (unpaired) electrons. The van der Waals surface area contributed by atoms with E-state index in [1.165, 1.54) is 16.3 Å². The number of rotatable bonds is 4. The number of methoxy groups -OCH3 is 2. The second kappa shape index (κ2) is 8.60. The molecule has 0 saturated heterocycles. The predicted octanol–water partition coefficient (Wildman–Crippen LogP) is 6.92. The van der Waals surface area contributed by atoms with Gasteiger partial charge in [0.15, 0.2) is 11.5 Å². The van der Waals surface area contributed by atoms with E-state index in [1.54, 1.807) is 20.3 Å². The van der Waals surface area contributed by atoms with Crippen molar-refractivity contribution < 1.29 is 14.6 Å². The van der Waals surface area contributed by atoms with Crippen molar-refractivity contribution in [2.45, 2.75) is 16.6 Å². The van der Waals surface area contributed by atoms with Gasteiger partial charge in [-0.2, -0.15) is 0 Å². The molecule has 1 heterocycles. The number of phenols is 1. The number of thioether (sulfide) groups is 1. The van der Waals surface area contributed by atoms with Crippen LogP contribution in [0.15, 0.2) is 88.8 Å². The number of aromatic hydroxyl groups is 1. The zero-order valence-corrected chi connectivity index (χ0v) is 18.7. The standard InChI is InChI=1S/C27H23NO3S/c1-30-24-14-20(23(29)16-25(24)31-2)22-15-27(32-26-13-6-5-12-21(26)28-22)19-11-7-9-17-8-3-4-10-18(17)19/h3-14,16,27,29H,15H2,1-2H3. The summed E-state index contributed by atoms with van der Waals surface area (Å²) in [7, 11) is 3.15. The van der Waals surface area contributed by atoms with E-state index in [1.807, 2.05) is 36.0 Å². The highest BCUT2D eigenvalue weighted by Crippen LogP contribution is 2.48. The quantitative estimate of drug-likeness (QED) is 0.373. The summed E-state index contributed by atoms with van der Waals surface area (Å²) in [5.74, 6) is 1.18. The molecule has 32 heavy (non-hydrogen) atoms. The average molecular weight is 442 g/mol. The van der Waals surface area contributed by atoms with E-state index < -0.39 is 0 Å². The molecule has 5 heteroatoms. The van der Waals surface area contributed by atoms with Crippen LogP contribution in [0.2, 0.25) is 0 Å². The molecule has 0 amide bonds. The van der Waals surface area contributed by atoms with Crippen molar-refractivity contribution >= 4 is 33.9 Å². The molecule has 0 saturated carbocycles. The van der Waals surface area contributed by atoms with Crippen LogP contribution in [0, 0.1) is 0 Å². The minimum absolute atomic E-state index is 0.127. The van der Waals surface area contributed by atoms with E-state index in [-0.39, 0.29) is 11.0 Å². The molecule has 0 fully saturated rings. The molecule has 0 bridgehead atoms.